The Morgan fingerprint density at radius 2 is 2.00 bits per heavy atom. The Bertz CT molecular complexity index is 955. The summed E-state index contributed by atoms with van der Waals surface area (Å²) in [6, 6.07) is 8.39. The number of carbonyl (C=O) groups excluding carboxylic acids is 1. The third-order valence-corrected chi connectivity index (χ3v) is 6.76. The van der Waals surface area contributed by atoms with Crippen molar-refractivity contribution < 1.29 is 13.9 Å². The first kappa shape index (κ1) is 18.3. The third-order valence-electron chi connectivity index (χ3n) is 4.37. The van der Waals surface area contributed by atoms with Gasteiger partial charge in [-0.15, -0.1) is 11.3 Å². The first-order valence-corrected chi connectivity index (χ1v) is 10.3. The Hall–Kier alpha value is -2.03. The summed E-state index contributed by atoms with van der Waals surface area (Å²) >= 11 is 3.01. The minimum absolute atomic E-state index is 0.102. The molecule has 3 heterocycles. The van der Waals surface area contributed by atoms with Crippen molar-refractivity contribution >= 4 is 39.2 Å². The zero-order chi connectivity index (χ0) is 18.8. The SMILES string of the molecule is CC(Sc1ncnc2cc(-c3ccc(F)cc3)sc12)C(=O)N1CCOCC1. The smallest absolute Gasteiger partial charge is 0.235 e. The van der Waals surface area contributed by atoms with Crippen molar-refractivity contribution in [3.8, 4) is 10.4 Å². The maximum atomic E-state index is 13.2. The molecule has 5 nitrogen and oxygen atoms in total. The maximum Gasteiger partial charge on any atom is 0.235 e. The molecular weight excluding hydrogens is 385 g/mol. The van der Waals surface area contributed by atoms with Gasteiger partial charge >= 0.3 is 0 Å². The van der Waals surface area contributed by atoms with Crippen molar-refractivity contribution in [2.45, 2.75) is 17.2 Å². The molecule has 1 atom stereocenters. The molecule has 4 rings (SSSR count). The second-order valence-corrected chi connectivity index (χ2v) is 8.59. The lowest BCUT2D eigenvalue weighted by Crippen LogP contribution is -2.44. The molecule has 0 saturated carbocycles. The number of hydrogen-bond acceptors (Lipinski definition) is 6. The highest BCUT2D eigenvalue weighted by Crippen LogP contribution is 2.38. The van der Waals surface area contributed by atoms with Crippen LogP contribution in [0.1, 0.15) is 6.92 Å². The lowest BCUT2D eigenvalue weighted by molar-refractivity contribution is -0.134. The molecule has 1 fully saturated rings. The summed E-state index contributed by atoms with van der Waals surface area (Å²) in [5.41, 5.74) is 1.77. The number of amides is 1. The molecule has 1 aliphatic heterocycles. The molecule has 1 saturated heterocycles. The molecule has 0 spiro atoms. The van der Waals surface area contributed by atoms with Crippen molar-refractivity contribution in [3.63, 3.8) is 0 Å². The Morgan fingerprint density at radius 3 is 2.74 bits per heavy atom. The van der Waals surface area contributed by atoms with Crippen LogP contribution in [0.2, 0.25) is 0 Å². The van der Waals surface area contributed by atoms with E-state index in [1.165, 1.54) is 30.2 Å². The van der Waals surface area contributed by atoms with Gasteiger partial charge in [0.1, 0.15) is 17.2 Å². The number of morpholine rings is 1. The van der Waals surface area contributed by atoms with Gasteiger partial charge in [0.2, 0.25) is 5.91 Å². The van der Waals surface area contributed by atoms with E-state index in [0.717, 1.165) is 25.7 Å². The Balaban J connectivity index is 1.58. The summed E-state index contributed by atoms with van der Waals surface area (Å²) in [6.45, 7) is 4.36. The standard InChI is InChI=1S/C19H18FN3O2S2/c1-12(19(24)23-6-8-25-9-7-23)26-18-17-15(21-11-22-18)10-16(27-17)13-2-4-14(20)5-3-13/h2-5,10-12H,6-9H2,1H3. The molecule has 3 aromatic rings. The van der Waals surface area contributed by atoms with Crippen LogP contribution in [0.3, 0.4) is 0 Å². The molecule has 1 unspecified atom stereocenters. The molecule has 1 amide bonds. The number of rotatable bonds is 4. The second-order valence-electron chi connectivity index (χ2n) is 6.21. The van der Waals surface area contributed by atoms with Crippen molar-refractivity contribution in [3.05, 3.63) is 42.5 Å². The number of hydrogen-bond donors (Lipinski definition) is 0. The van der Waals surface area contributed by atoms with Crippen molar-refractivity contribution in [2.75, 3.05) is 26.3 Å². The summed E-state index contributed by atoms with van der Waals surface area (Å²) in [6.07, 6.45) is 1.53. The molecule has 0 aliphatic carbocycles. The maximum absolute atomic E-state index is 13.2. The molecule has 2 aromatic heterocycles. The van der Waals surface area contributed by atoms with Crippen LogP contribution in [0.5, 0.6) is 0 Å². The molecule has 0 N–H and O–H groups in total. The van der Waals surface area contributed by atoms with E-state index in [1.807, 2.05) is 17.9 Å². The van der Waals surface area contributed by atoms with Gasteiger partial charge in [0.15, 0.2) is 0 Å². The monoisotopic (exact) mass is 403 g/mol. The van der Waals surface area contributed by atoms with Crippen LogP contribution in [0.4, 0.5) is 4.39 Å². The van der Waals surface area contributed by atoms with Crippen molar-refractivity contribution in [1.82, 2.24) is 14.9 Å². The van der Waals surface area contributed by atoms with Crippen molar-refractivity contribution in [1.29, 1.82) is 0 Å². The summed E-state index contributed by atoms with van der Waals surface area (Å²) in [5.74, 6) is -0.156. The first-order valence-electron chi connectivity index (χ1n) is 8.65. The lowest BCUT2D eigenvalue weighted by Gasteiger charge is -2.28. The van der Waals surface area contributed by atoms with Gasteiger partial charge in [-0.2, -0.15) is 0 Å². The topological polar surface area (TPSA) is 55.3 Å². The van der Waals surface area contributed by atoms with E-state index < -0.39 is 0 Å². The number of aromatic nitrogens is 2. The average molecular weight is 404 g/mol. The number of thiophene rings is 1. The molecule has 1 aliphatic rings. The normalized spacial score (nSPS) is 15.9. The van der Waals surface area contributed by atoms with Crippen LogP contribution >= 0.6 is 23.1 Å². The minimum atomic E-state index is -0.258. The molecule has 0 radical (unpaired) electrons. The predicted molar refractivity (Wildman–Crippen MR) is 106 cm³/mol. The molecular formula is C19H18FN3O2S2. The first-order chi connectivity index (χ1) is 13.1. The molecule has 0 bridgehead atoms. The second kappa shape index (κ2) is 7.92. The lowest BCUT2D eigenvalue weighted by atomic mass is 10.2. The number of thioether (sulfide) groups is 1. The summed E-state index contributed by atoms with van der Waals surface area (Å²) in [4.78, 5) is 24.3. The summed E-state index contributed by atoms with van der Waals surface area (Å²) < 4.78 is 19.4. The van der Waals surface area contributed by atoms with Gasteiger partial charge in [-0.3, -0.25) is 4.79 Å². The van der Waals surface area contributed by atoms with Gasteiger partial charge in [-0.1, -0.05) is 23.9 Å². The van der Waals surface area contributed by atoms with E-state index in [4.69, 9.17) is 4.74 Å². The van der Waals surface area contributed by atoms with Crippen LogP contribution in [0.25, 0.3) is 20.7 Å². The molecule has 140 valence electrons. The minimum Gasteiger partial charge on any atom is -0.378 e. The van der Waals surface area contributed by atoms with E-state index in [2.05, 4.69) is 9.97 Å². The predicted octanol–water partition coefficient (Wildman–Crippen LogP) is 3.84. The van der Waals surface area contributed by atoms with Gasteiger partial charge in [0.05, 0.1) is 28.7 Å². The van der Waals surface area contributed by atoms with Gasteiger partial charge in [0.25, 0.3) is 0 Å². The average Bonchev–Trinajstić information content (AvgIpc) is 3.14. The molecule has 8 heteroatoms. The Morgan fingerprint density at radius 1 is 1.26 bits per heavy atom. The fourth-order valence-electron chi connectivity index (χ4n) is 2.93. The van der Waals surface area contributed by atoms with E-state index in [9.17, 15) is 9.18 Å². The molecule has 27 heavy (non-hydrogen) atoms. The molecule has 1 aromatic carbocycles. The fourth-order valence-corrected chi connectivity index (χ4v) is 5.11. The quantitative estimate of drug-likeness (QED) is 0.489. The van der Waals surface area contributed by atoms with Gasteiger partial charge < -0.3 is 9.64 Å². The van der Waals surface area contributed by atoms with Crippen molar-refractivity contribution in [2.24, 2.45) is 0 Å². The number of halogens is 1. The van der Waals surface area contributed by atoms with E-state index >= 15 is 0 Å². The van der Waals surface area contributed by atoms with E-state index in [-0.39, 0.29) is 17.0 Å². The Kier molecular flexibility index (Phi) is 5.38. The van der Waals surface area contributed by atoms with Crippen LogP contribution in [-0.4, -0.2) is 52.3 Å². The van der Waals surface area contributed by atoms with E-state index in [0.29, 0.717) is 26.3 Å². The zero-order valence-corrected chi connectivity index (χ0v) is 16.4. The number of fused-ring (bicyclic) bond motifs is 1. The van der Waals surface area contributed by atoms with Gasteiger partial charge in [-0.05, 0) is 30.7 Å². The number of carbonyl (C=O) groups is 1. The van der Waals surface area contributed by atoms with Crippen LogP contribution in [0.15, 0.2) is 41.7 Å². The highest BCUT2D eigenvalue weighted by molar-refractivity contribution is 8.00. The van der Waals surface area contributed by atoms with Gasteiger partial charge in [-0.25, -0.2) is 14.4 Å². The van der Waals surface area contributed by atoms with Crippen LogP contribution < -0.4 is 0 Å². The third kappa shape index (κ3) is 3.97. The summed E-state index contributed by atoms with van der Waals surface area (Å²) in [7, 11) is 0. The number of benzene rings is 1. The highest BCUT2D eigenvalue weighted by atomic mass is 32.2. The van der Waals surface area contributed by atoms with Gasteiger partial charge in [0, 0.05) is 18.0 Å². The Labute approximate surface area is 164 Å². The largest absolute Gasteiger partial charge is 0.378 e. The zero-order valence-electron chi connectivity index (χ0n) is 14.7. The number of nitrogens with zero attached hydrogens (tertiary/aromatic N) is 3. The highest BCUT2D eigenvalue weighted by Gasteiger charge is 2.24. The van der Waals surface area contributed by atoms with Crippen LogP contribution in [-0.2, 0) is 9.53 Å². The number of ether oxygens (including phenoxy) is 1. The summed E-state index contributed by atoms with van der Waals surface area (Å²) in [5, 5.41) is 0.560. The fraction of sp³-hybridized carbons (Fsp3) is 0.316. The van der Waals surface area contributed by atoms with Crippen LogP contribution in [0, 0.1) is 5.82 Å². The van der Waals surface area contributed by atoms with E-state index in [1.54, 1.807) is 23.5 Å².